The van der Waals surface area contributed by atoms with Gasteiger partial charge in [-0.15, -0.1) is 0 Å². The first kappa shape index (κ1) is 18.6. The number of carbonyl (C=O) groups is 1. The van der Waals surface area contributed by atoms with Crippen molar-refractivity contribution in [3.05, 3.63) is 62.8 Å². The maximum atomic E-state index is 14.2. The summed E-state index contributed by atoms with van der Waals surface area (Å²) in [7, 11) is 0. The van der Waals surface area contributed by atoms with Crippen molar-refractivity contribution >= 4 is 33.6 Å². The van der Waals surface area contributed by atoms with Crippen LogP contribution in [0.4, 0.5) is 9.18 Å². The van der Waals surface area contributed by atoms with Crippen LogP contribution in [0.1, 0.15) is 30.4 Å². The molecular formula is C20H18BrClFNO3. The Morgan fingerprint density at radius 3 is 2.78 bits per heavy atom. The van der Waals surface area contributed by atoms with E-state index in [9.17, 15) is 14.3 Å². The second-order valence-electron chi connectivity index (χ2n) is 6.98. The van der Waals surface area contributed by atoms with E-state index in [1.807, 2.05) is 30.3 Å². The number of rotatable bonds is 2. The molecule has 1 amide bonds. The number of hydrogen-bond acceptors (Lipinski definition) is 2. The number of piperidine rings is 1. The van der Waals surface area contributed by atoms with Gasteiger partial charge < -0.3 is 14.7 Å². The van der Waals surface area contributed by atoms with E-state index in [0.717, 1.165) is 24.0 Å². The van der Waals surface area contributed by atoms with Crippen LogP contribution in [-0.4, -0.2) is 28.7 Å². The maximum Gasteiger partial charge on any atom is 0.407 e. The molecule has 4 rings (SSSR count). The number of benzene rings is 2. The first-order valence-electron chi connectivity index (χ1n) is 8.84. The molecule has 2 unspecified atom stereocenters. The van der Waals surface area contributed by atoms with E-state index in [0.29, 0.717) is 29.6 Å². The number of likely N-dealkylation sites (tertiary alicyclic amines) is 1. The van der Waals surface area contributed by atoms with Crippen molar-refractivity contribution in [3.8, 4) is 5.75 Å². The number of amides is 1. The molecule has 0 aliphatic carbocycles. The van der Waals surface area contributed by atoms with E-state index >= 15 is 0 Å². The molecule has 0 saturated carbocycles. The average molecular weight is 455 g/mol. The first-order valence-corrected chi connectivity index (χ1v) is 10.0. The van der Waals surface area contributed by atoms with Gasteiger partial charge in [-0.1, -0.05) is 41.9 Å². The molecule has 2 aromatic rings. The van der Waals surface area contributed by atoms with E-state index in [1.165, 1.54) is 11.0 Å². The SMILES string of the molecule is O=C(O)N1CCCCC1C1(c2ccccc2)Cc2c(cc(F)c(Cl)c2Br)O1. The molecule has 2 aliphatic heterocycles. The molecule has 1 fully saturated rings. The van der Waals surface area contributed by atoms with Gasteiger partial charge in [0.05, 0.1) is 11.1 Å². The van der Waals surface area contributed by atoms with Crippen LogP contribution in [0.5, 0.6) is 5.75 Å². The normalized spacial score (nSPS) is 24.4. The molecule has 0 radical (unpaired) electrons. The minimum Gasteiger partial charge on any atom is -0.480 e. The Labute approximate surface area is 170 Å². The predicted octanol–water partition coefficient (Wildman–Crippen LogP) is 5.60. The average Bonchev–Trinajstić information content (AvgIpc) is 3.07. The number of carboxylic acid groups (broad SMARTS) is 1. The van der Waals surface area contributed by atoms with Crippen molar-refractivity contribution < 1.29 is 19.0 Å². The van der Waals surface area contributed by atoms with Crippen molar-refractivity contribution in [1.29, 1.82) is 0 Å². The van der Waals surface area contributed by atoms with Crippen LogP contribution in [-0.2, 0) is 12.0 Å². The summed E-state index contributed by atoms with van der Waals surface area (Å²) in [6.07, 6.45) is 1.88. The summed E-state index contributed by atoms with van der Waals surface area (Å²) in [5, 5.41) is 9.78. The molecule has 1 saturated heterocycles. The second kappa shape index (κ2) is 6.99. The Morgan fingerprint density at radius 2 is 2.07 bits per heavy atom. The molecule has 1 N–H and O–H groups in total. The third-order valence-electron chi connectivity index (χ3n) is 5.50. The van der Waals surface area contributed by atoms with Crippen LogP contribution in [0.15, 0.2) is 40.9 Å². The van der Waals surface area contributed by atoms with Crippen molar-refractivity contribution in [3.63, 3.8) is 0 Å². The Hall–Kier alpha value is -1.79. The summed E-state index contributed by atoms with van der Waals surface area (Å²) in [5.41, 5.74) is 0.728. The van der Waals surface area contributed by atoms with E-state index in [1.54, 1.807) is 0 Å². The summed E-state index contributed by atoms with van der Waals surface area (Å²) in [4.78, 5) is 13.4. The molecule has 142 valence electrons. The zero-order chi connectivity index (χ0) is 19.2. The Morgan fingerprint density at radius 1 is 1.33 bits per heavy atom. The fourth-order valence-electron chi connectivity index (χ4n) is 4.27. The van der Waals surface area contributed by atoms with Crippen LogP contribution in [0, 0.1) is 5.82 Å². The smallest absolute Gasteiger partial charge is 0.407 e. The fraction of sp³-hybridized carbons (Fsp3) is 0.350. The fourth-order valence-corrected chi connectivity index (χ4v) is 4.96. The number of ether oxygens (including phenoxy) is 1. The number of hydrogen-bond donors (Lipinski definition) is 1. The van der Waals surface area contributed by atoms with Gasteiger partial charge in [-0.05, 0) is 40.8 Å². The molecule has 2 aromatic carbocycles. The zero-order valence-electron chi connectivity index (χ0n) is 14.4. The van der Waals surface area contributed by atoms with Gasteiger partial charge in [0.25, 0.3) is 0 Å². The van der Waals surface area contributed by atoms with Crippen molar-refractivity contribution in [1.82, 2.24) is 4.90 Å². The molecule has 4 nitrogen and oxygen atoms in total. The maximum absolute atomic E-state index is 14.2. The molecule has 7 heteroatoms. The molecule has 2 heterocycles. The molecule has 2 atom stereocenters. The quantitative estimate of drug-likeness (QED) is 0.601. The predicted molar refractivity (Wildman–Crippen MR) is 104 cm³/mol. The van der Waals surface area contributed by atoms with Gasteiger partial charge in [0.1, 0.15) is 11.6 Å². The Bertz CT molecular complexity index is 895. The van der Waals surface area contributed by atoms with Gasteiger partial charge in [0, 0.05) is 29.1 Å². The van der Waals surface area contributed by atoms with Crippen molar-refractivity contribution in [2.45, 2.75) is 37.3 Å². The van der Waals surface area contributed by atoms with Gasteiger partial charge in [-0.3, -0.25) is 0 Å². The topological polar surface area (TPSA) is 49.8 Å². The molecule has 0 spiro atoms. The number of halogens is 3. The lowest BCUT2D eigenvalue weighted by Crippen LogP contribution is -2.57. The monoisotopic (exact) mass is 453 g/mol. The largest absolute Gasteiger partial charge is 0.480 e. The first-order chi connectivity index (χ1) is 12.9. The van der Waals surface area contributed by atoms with E-state index in [-0.39, 0.29) is 11.1 Å². The Kier molecular flexibility index (Phi) is 4.80. The third-order valence-corrected chi connectivity index (χ3v) is 6.98. The lowest BCUT2D eigenvalue weighted by Gasteiger charge is -2.45. The summed E-state index contributed by atoms with van der Waals surface area (Å²) in [6, 6.07) is 10.5. The highest BCUT2D eigenvalue weighted by Crippen LogP contribution is 2.51. The highest BCUT2D eigenvalue weighted by atomic mass is 79.9. The third kappa shape index (κ3) is 2.99. The van der Waals surface area contributed by atoms with E-state index in [4.69, 9.17) is 16.3 Å². The van der Waals surface area contributed by atoms with E-state index < -0.39 is 17.5 Å². The molecule has 0 bridgehead atoms. The molecule has 0 aromatic heterocycles. The molecular weight excluding hydrogens is 437 g/mol. The zero-order valence-corrected chi connectivity index (χ0v) is 16.8. The minimum absolute atomic E-state index is 0.0138. The summed E-state index contributed by atoms with van der Waals surface area (Å²) in [6.45, 7) is 0.463. The van der Waals surface area contributed by atoms with E-state index in [2.05, 4.69) is 15.9 Å². The summed E-state index contributed by atoms with van der Waals surface area (Å²) in [5.74, 6) is -0.159. The van der Waals surface area contributed by atoms with Gasteiger partial charge >= 0.3 is 6.09 Å². The summed E-state index contributed by atoms with van der Waals surface area (Å²) >= 11 is 9.48. The lowest BCUT2D eigenvalue weighted by molar-refractivity contribution is -0.0252. The lowest BCUT2D eigenvalue weighted by atomic mass is 9.78. The number of fused-ring (bicyclic) bond motifs is 1. The van der Waals surface area contributed by atoms with Crippen LogP contribution in [0.2, 0.25) is 5.02 Å². The van der Waals surface area contributed by atoms with Crippen molar-refractivity contribution in [2.24, 2.45) is 0 Å². The Balaban J connectivity index is 1.87. The molecule has 2 aliphatic rings. The van der Waals surface area contributed by atoms with Crippen LogP contribution < -0.4 is 4.74 Å². The van der Waals surface area contributed by atoms with Crippen LogP contribution in [0.3, 0.4) is 0 Å². The van der Waals surface area contributed by atoms with Gasteiger partial charge in [-0.25, -0.2) is 9.18 Å². The van der Waals surface area contributed by atoms with Gasteiger partial charge in [-0.2, -0.15) is 0 Å². The molecule has 27 heavy (non-hydrogen) atoms. The number of nitrogens with zero attached hydrogens (tertiary/aromatic N) is 1. The van der Waals surface area contributed by atoms with Crippen LogP contribution in [0.25, 0.3) is 0 Å². The highest BCUT2D eigenvalue weighted by molar-refractivity contribution is 9.10. The van der Waals surface area contributed by atoms with Gasteiger partial charge in [0.2, 0.25) is 0 Å². The van der Waals surface area contributed by atoms with Gasteiger partial charge in [0.15, 0.2) is 5.60 Å². The minimum atomic E-state index is -0.960. The highest BCUT2D eigenvalue weighted by Gasteiger charge is 2.52. The second-order valence-corrected chi connectivity index (χ2v) is 8.16. The van der Waals surface area contributed by atoms with Crippen LogP contribution >= 0.6 is 27.5 Å². The van der Waals surface area contributed by atoms with Crippen molar-refractivity contribution in [2.75, 3.05) is 6.54 Å². The summed E-state index contributed by atoms with van der Waals surface area (Å²) < 4.78 is 21.0. The standard InChI is InChI=1S/C20H18BrClFNO3/c21-17-13-11-20(12-6-2-1-3-7-12,27-15(13)10-14(23)18(17)22)16-8-4-5-9-24(16)19(25)26/h1-3,6-7,10,16H,4-5,8-9,11H2,(H,25,26).